The molecular weight excluding hydrogens is 228 g/mol. The fourth-order valence-electron chi connectivity index (χ4n) is 1.92. The molecule has 0 spiro atoms. The van der Waals surface area contributed by atoms with Gasteiger partial charge in [0.2, 0.25) is 0 Å². The number of Topliss-reactive ketones (excluding diaryl/α,β-unsaturated/α-hetero) is 2. The largest absolute Gasteiger partial charge is 0.497 e. The summed E-state index contributed by atoms with van der Waals surface area (Å²) in [6, 6.07) is 7.01. The Morgan fingerprint density at radius 3 is 2.39 bits per heavy atom. The summed E-state index contributed by atoms with van der Waals surface area (Å²) in [6.07, 6.45) is 3.71. The SMILES string of the molecule is COc1ccc(C(=O)CCC(=O)CC2CC2)cc1. The summed E-state index contributed by atoms with van der Waals surface area (Å²) in [4.78, 5) is 23.4. The lowest BCUT2D eigenvalue weighted by Gasteiger charge is -2.03. The number of benzene rings is 1. The van der Waals surface area contributed by atoms with Crippen LogP contribution in [0.4, 0.5) is 0 Å². The molecule has 0 unspecified atom stereocenters. The zero-order valence-corrected chi connectivity index (χ0v) is 10.6. The third kappa shape index (κ3) is 3.69. The minimum atomic E-state index is 0.0294. The van der Waals surface area contributed by atoms with Crippen LogP contribution in [-0.4, -0.2) is 18.7 Å². The second-order valence-corrected chi connectivity index (χ2v) is 4.84. The topological polar surface area (TPSA) is 43.4 Å². The molecule has 0 aromatic heterocycles. The van der Waals surface area contributed by atoms with Gasteiger partial charge in [-0.2, -0.15) is 0 Å². The lowest BCUT2D eigenvalue weighted by molar-refractivity contribution is -0.119. The van der Waals surface area contributed by atoms with E-state index in [0.717, 1.165) is 5.75 Å². The number of hydrogen-bond donors (Lipinski definition) is 0. The molecule has 3 heteroatoms. The Labute approximate surface area is 107 Å². The van der Waals surface area contributed by atoms with Crippen molar-refractivity contribution in [3.05, 3.63) is 29.8 Å². The van der Waals surface area contributed by atoms with E-state index in [1.54, 1.807) is 31.4 Å². The summed E-state index contributed by atoms with van der Waals surface area (Å²) in [7, 11) is 1.59. The molecule has 3 nitrogen and oxygen atoms in total. The standard InChI is InChI=1S/C15H18O3/c1-18-14-7-4-12(5-8-14)15(17)9-6-13(16)10-11-2-3-11/h4-5,7-8,11H,2-3,6,9-10H2,1H3. The average molecular weight is 246 g/mol. The Bertz CT molecular complexity index is 430. The van der Waals surface area contributed by atoms with E-state index in [1.165, 1.54) is 12.8 Å². The average Bonchev–Trinajstić information content (AvgIpc) is 3.20. The highest BCUT2D eigenvalue weighted by Crippen LogP contribution is 2.33. The monoisotopic (exact) mass is 246 g/mol. The van der Waals surface area contributed by atoms with Crippen molar-refractivity contribution in [3.8, 4) is 5.75 Å². The molecule has 0 N–H and O–H groups in total. The van der Waals surface area contributed by atoms with Crippen molar-refractivity contribution in [1.82, 2.24) is 0 Å². The molecule has 1 fully saturated rings. The molecule has 0 atom stereocenters. The quantitative estimate of drug-likeness (QED) is 0.694. The van der Waals surface area contributed by atoms with Gasteiger partial charge in [0.25, 0.3) is 0 Å². The molecule has 0 bridgehead atoms. The first-order chi connectivity index (χ1) is 8.69. The number of carbonyl (C=O) groups excluding carboxylic acids is 2. The molecular formula is C15H18O3. The Hall–Kier alpha value is -1.64. The van der Waals surface area contributed by atoms with Gasteiger partial charge in [0.05, 0.1) is 7.11 Å². The first-order valence-electron chi connectivity index (χ1n) is 6.38. The molecule has 18 heavy (non-hydrogen) atoms. The van der Waals surface area contributed by atoms with Crippen LogP contribution in [0, 0.1) is 5.92 Å². The van der Waals surface area contributed by atoms with Crippen LogP contribution in [0.3, 0.4) is 0 Å². The van der Waals surface area contributed by atoms with Crippen molar-refractivity contribution in [2.75, 3.05) is 7.11 Å². The second kappa shape index (κ2) is 5.80. The van der Waals surface area contributed by atoms with Gasteiger partial charge in [-0.3, -0.25) is 9.59 Å². The first-order valence-corrected chi connectivity index (χ1v) is 6.38. The lowest BCUT2D eigenvalue weighted by atomic mass is 10.0. The van der Waals surface area contributed by atoms with Crippen LogP contribution in [0.5, 0.6) is 5.75 Å². The van der Waals surface area contributed by atoms with Crippen molar-refractivity contribution in [3.63, 3.8) is 0 Å². The van der Waals surface area contributed by atoms with Crippen LogP contribution in [0.1, 0.15) is 42.5 Å². The molecule has 1 aromatic rings. The van der Waals surface area contributed by atoms with Crippen LogP contribution in [0.25, 0.3) is 0 Å². The van der Waals surface area contributed by atoms with Crippen molar-refractivity contribution in [1.29, 1.82) is 0 Å². The van der Waals surface area contributed by atoms with Gasteiger partial charge in [0, 0.05) is 24.8 Å². The first kappa shape index (κ1) is 12.8. The van der Waals surface area contributed by atoms with Crippen LogP contribution in [0.2, 0.25) is 0 Å². The molecule has 1 saturated carbocycles. The van der Waals surface area contributed by atoms with Crippen molar-refractivity contribution >= 4 is 11.6 Å². The highest BCUT2D eigenvalue weighted by atomic mass is 16.5. The van der Waals surface area contributed by atoms with E-state index >= 15 is 0 Å². The summed E-state index contributed by atoms with van der Waals surface area (Å²) in [6.45, 7) is 0. The maximum Gasteiger partial charge on any atom is 0.163 e. The number of carbonyl (C=O) groups is 2. The van der Waals surface area contributed by atoms with Gasteiger partial charge in [-0.05, 0) is 43.0 Å². The fourth-order valence-corrected chi connectivity index (χ4v) is 1.92. The summed E-state index contributed by atoms with van der Waals surface area (Å²) >= 11 is 0. The highest BCUT2D eigenvalue weighted by Gasteiger charge is 2.24. The normalized spacial score (nSPS) is 14.3. The molecule has 1 aliphatic rings. The van der Waals surface area contributed by atoms with Crippen LogP contribution < -0.4 is 4.74 Å². The van der Waals surface area contributed by atoms with Crippen molar-refractivity contribution in [2.45, 2.75) is 32.1 Å². The zero-order valence-electron chi connectivity index (χ0n) is 10.6. The third-order valence-corrected chi connectivity index (χ3v) is 3.26. The van der Waals surface area contributed by atoms with Gasteiger partial charge in [0.1, 0.15) is 11.5 Å². The molecule has 96 valence electrons. The molecule has 0 heterocycles. The van der Waals surface area contributed by atoms with Gasteiger partial charge < -0.3 is 4.74 Å². The number of rotatable bonds is 7. The van der Waals surface area contributed by atoms with E-state index in [2.05, 4.69) is 0 Å². The summed E-state index contributed by atoms with van der Waals surface area (Å²) in [5.41, 5.74) is 0.648. The van der Waals surface area contributed by atoms with Crippen molar-refractivity contribution in [2.24, 2.45) is 5.92 Å². The summed E-state index contributed by atoms with van der Waals surface area (Å²) in [5.74, 6) is 1.59. The Morgan fingerprint density at radius 2 is 1.83 bits per heavy atom. The summed E-state index contributed by atoms with van der Waals surface area (Å²) < 4.78 is 5.03. The van der Waals surface area contributed by atoms with Gasteiger partial charge in [-0.15, -0.1) is 0 Å². The smallest absolute Gasteiger partial charge is 0.163 e. The fraction of sp³-hybridized carbons (Fsp3) is 0.467. The Kier molecular flexibility index (Phi) is 4.13. The zero-order chi connectivity index (χ0) is 13.0. The van der Waals surface area contributed by atoms with E-state index < -0.39 is 0 Å². The maximum atomic E-state index is 11.9. The second-order valence-electron chi connectivity index (χ2n) is 4.84. The van der Waals surface area contributed by atoms with Crippen molar-refractivity contribution < 1.29 is 14.3 Å². The minimum Gasteiger partial charge on any atom is -0.497 e. The molecule has 1 aliphatic carbocycles. The molecule has 0 radical (unpaired) electrons. The van der Waals surface area contributed by atoms with E-state index in [9.17, 15) is 9.59 Å². The van der Waals surface area contributed by atoms with Crippen LogP contribution in [0.15, 0.2) is 24.3 Å². The predicted octanol–water partition coefficient (Wildman–Crippen LogP) is 3.03. The van der Waals surface area contributed by atoms with E-state index in [-0.39, 0.29) is 11.6 Å². The van der Waals surface area contributed by atoms with Crippen LogP contribution in [-0.2, 0) is 4.79 Å². The summed E-state index contributed by atoms with van der Waals surface area (Å²) in [5, 5.41) is 0. The van der Waals surface area contributed by atoms with E-state index in [4.69, 9.17) is 4.74 Å². The van der Waals surface area contributed by atoms with E-state index in [0.29, 0.717) is 30.7 Å². The number of hydrogen-bond acceptors (Lipinski definition) is 3. The van der Waals surface area contributed by atoms with Gasteiger partial charge >= 0.3 is 0 Å². The lowest BCUT2D eigenvalue weighted by Crippen LogP contribution is -2.05. The van der Waals surface area contributed by atoms with Gasteiger partial charge in [0.15, 0.2) is 5.78 Å². The molecule has 2 rings (SSSR count). The number of ether oxygens (including phenoxy) is 1. The maximum absolute atomic E-state index is 11.9. The Morgan fingerprint density at radius 1 is 1.17 bits per heavy atom. The minimum absolute atomic E-state index is 0.0294. The molecule has 1 aromatic carbocycles. The van der Waals surface area contributed by atoms with Gasteiger partial charge in [-0.25, -0.2) is 0 Å². The number of ketones is 2. The molecule has 0 aliphatic heterocycles. The van der Waals surface area contributed by atoms with Gasteiger partial charge in [-0.1, -0.05) is 0 Å². The Balaban J connectivity index is 1.80. The van der Waals surface area contributed by atoms with E-state index in [1.807, 2.05) is 0 Å². The highest BCUT2D eigenvalue weighted by molar-refractivity contribution is 5.98. The predicted molar refractivity (Wildman–Crippen MR) is 68.9 cm³/mol. The molecule has 0 saturated heterocycles. The number of methoxy groups -OCH3 is 1. The molecule has 0 amide bonds. The third-order valence-electron chi connectivity index (χ3n) is 3.26. The van der Waals surface area contributed by atoms with Crippen LogP contribution >= 0.6 is 0 Å².